The van der Waals surface area contributed by atoms with E-state index >= 15 is 0 Å². The van der Waals surface area contributed by atoms with Gasteiger partial charge in [-0.05, 0) is 30.3 Å². The van der Waals surface area contributed by atoms with Crippen LogP contribution in [0.1, 0.15) is 11.1 Å². The molecule has 0 spiro atoms. The summed E-state index contributed by atoms with van der Waals surface area (Å²) in [5, 5.41) is 16.2. The predicted molar refractivity (Wildman–Crippen MR) is 98.1 cm³/mol. The summed E-state index contributed by atoms with van der Waals surface area (Å²) in [4.78, 5) is 28.1. The van der Waals surface area contributed by atoms with Gasteiger partial charge in [0.1, 0.15) is 5.75 Å². The molecule has 6 nitrogen and oxygen atoms in total. The van der Waals surface area contributed by atoms with Crippen molar-refractivity contribution in [1.29, 1.82) is 0 Å². The lowest BCUT2D eigenvalue weighted by Gasteiger charge is -2.01. The molecule has 5 rings (SSSR count). The van der Waals surface area contributed by atoms with Crippen molar-refractivity contribution in [2.24, 2.45) is 0 Å². The maximum absolute atomic E-state index is 12.6. The maximum Gasteiger partial charge on any atom is 0.257 e. The average Bonchev–Trinajstić information content (AvgIpc) is 3.28. The van der Waals surface area contributed by atoms with E-state index in [1.54, 1.807) is 36.5 Å². The summed E-state index contributed by atoms with van der Waals surface area (Å²) >= 11 is 0. The highest BCUT2D eigenvalue weighted by Gasteiger charge is 2.32. The zero-order valence-electron chi connectivity index (χ0n) is 13.5. The van der Waals surface area contributed by atoms with Gasteiger partial charge < -0.3 is 20.7 Å². The predicted octanol–water partition coefficient (Wildman–Crippen LogP) is 2.75. The van der Waals surface area contributed by atoms with Crippen LogP contribution in [0.3, 0.4) is 0 Å². The van der Waals surface area contributed by atoms with Gasteiger partial charge in [-0.2, -0.15) is 0 Å². The standard InChI is InChI=1S/C20H13N3O3/c24-10-5-6-15-12(7-10)14(9-21-15)17-8-13(19(25)23-17)18-11-3-1-2-4-16(11)22-20(18)26/h1-9,21,24H,(H,22,26)(H,23,25)/b18-13-. The van der Waals surface area contributed by atoms with E-state index in [9.17, 15) is 14.7 Å². The van der Waals surface area contributed by atoms with Crippen LogP contribution in [-0.4, -0.2) is 21.9 Å². The first-order valence-corrected chi connectivity index (χ1v) is 8.10. The number of hydrogen-bond acceptors (Lipinski definition) is 3. The number of hydrogen-bond donors (Lipinski definition) is 4. The number of phenols is 1. The molecule has 0 saturated carbocycles. The van der Waals surface area contributed by atoms with E-state index in [4.69, 9.17) is 0 Å². The van der Waals surface area contributed by atoms with Gasteiger partial charge in [-0.15, -0.1) is 0 Å². The second kappa shape index (κ2) is 5.10. The van der Waals surface area contributed by atoms with Crippen molar-refractivity contribution in [3.63, 3.8) is 0 Å². The Kier molecular flexibility index (Phi) is 2.85. The molecule has 26 heavy (non-hydrogen) atoms. The number of phenolic OH excluding ortho intramolecular Hbond substituents is 1. The summed E-state index contributed by atoms with van der Waals surface area (Å²) in [6.45, 7) is 0. The molecule has 4 N–H and O–H groups in total. The Morgan fingerprint density at radius 2 is 1.73 bits per heavy atom. The fraction of sp³-hybridized carbons (Fsp3) is 0. The van der Waals surface area contributed by atoms with Crippen molar-refractivity contribution in [2.75, 3.05) is 5.32 Å². The topological polar surface area (TPSA) is 94.2 Å². The molecule has 0 radical (unpaired) electrons. The smallest absolute Gasteiger partial charge is 0.257 e. The molecule has 0 atom stereocenters. The highest BCUT2D eigenvalue weighted by atomic mass is 16.3. The molecule has 1 aromatic heterocycles. The number of aromatic hydroxyl groups is 1. The van der Waals surface area contributed by atoms with E-state index in [-0.39, 0.29) is 17.6 Å². The van der Waals surface area contributed by atoms with Gasteiger partial charge in [0.2, 0.25) is 0 Å². The van der Waals surface area contributed by atoms with Gasteiger partial charge >= 0.3 is 0 Å². The third kappa shape index (κ3) is 1.99. The van der Waals surface area contributed by atoms with Crippen LogP contribution in [0.5, 0.6) is 5.75 Å². The van der Waals surface area contributed by atoms with Crippen LogP contribution in [0.15, 0.2) is 60.3 Å². The third-order valence-electron chi connectivity index (χ3n) is 4.68. The lowest BCUT2D eigenvalue weighted by molar-refractivity contribution is -0.116. The van der Waals surface area contributed by atoms with Gasteiger partial charge in [0.05, 0.1) is 16.8 Å². The van der Waals surface area contributed by atoms with Gasteiger partial charge in [-0.3, -0.25) is 9.59 Å². The maximum atomic E-state index is 12.6. The molecule has 0 bridgehead atoms. The molecule has 6 heteroatoms. The summed E-state index contributed by atoms with van der Waals surface area (Å²) in [5.41, 5.74) is 4.31. The van der Waals surface area contributed by atoms with Gasteiger partial charge in [0.25, 0.3) is 11.8 Å². The fourth-order valence-corrected chi connectivity index (χ4v) is 3.48. The van der Waals surface area contributed by atoms with Gasteiger partial charge in [-0.25, -0.2) is 0 Å². The number of benzene rings is 2. The molecule has 0 aliphatic carbocycles. The van der Waals surface area contributed by atoms with Crippen molar-refractivity contribution in [1.82, 2.24) is 10.3 Å². The number of fused-ring (bicyclic) bond motifs is 2. The molecule has 126 valence electrons. The van der Waals surface area contributed by atoms with Crippen LogP contribution in [0.2, 0.25) is 0 Å². The number of carbonyl (C=O) groups is 2. The number of para-hydroxylation sites is 1. The third-order valence-corrected chi connectivity index (χ3v) is 4.68. The monoisotopic (exact) mass is 343 g/mol. The van der Waals surface area contributed by atoms with Crippen LogP contribution < -0.4 is 10.6 Å². The first-order chi connectivity index (χ1) is 12.6. The molecule has 2 aliphatic rings. The summed E-state index contributed by atoms with van der Waals surface area (Å²) in [6, 6.07) is 12.3. The first-order valence-electron chi connectivity index (χ1n) is 8.10. The first kappa shape index (κ1) is 14.5. The van der Waals surface area contributed by atoms with Crippen LogP contribution >= 0.6 is 0 Å². The van der Waals surface area contributed by atoms with Crippen molar-refractivity contribution in [2.45, 2.75) is 0 Å². The Morgan fingerprint density at radius 3 is 2.62 bits per heavy atom. The molecule has 0 unspecified atom stereocenters. The number of amides is 2. The lowest BCUT2D eigenvalue weighted by Crippen LogP contribution is -2.18. The van der Waals surface area contributed by atoms with Crippen LogP contribution in [0.25, 0.3) is 22.2 Å². The zero-order chi connectivity index (χ0) is 17.8. The van der Waals surface area contributed by atoms with Gasteiger partial charge in [0, 0.05) is 33.9 Å². The SMILES string of the molecule is O=C1NC(c2c[nH]c3ccc(O)cc23)=C/C1=C1/C(=O)Nc2ccccc21. The van der Waals surface area contributed by atoms with E-state index in [2.05, 4.69) is 15.6 Å². The van der Waals surface area contributed by atoms with Crippen LogP contribution in [0, 0.1) is 0 Å². The number of aromatic amines is 1. The van der Waals surface area contributed by atoms with E-state index in [0.717, 1.165) is 22.0 Å². The lowest BCUT2D eigenvalue weighted by atomic mass is 10.0. The number of aromatic nitrogens is 1. The summed E-state index contributed by atoms with van der Waals surface area (Å²) in [6.07, 6.45) is 3.46. The second-order valence-corrected chi connectivity index (χ2v) is 6.23. The normalized spacial score (nSPS) is 18.7. The van der Waals surface area contributed by atoms with E-state index in [1.165, 1.54) is 0 Å². The molecule has 0 saturated heterocycles. The van der Waals surface area contributed by atoms with Crippen molar-refractivity contribution in [3.8, 4) is 5.75 Å². The molecule has 0 fully saturated rings. The highest BCUT2D eigenvalue weighted by Crippen LogP contribution is 2.37. The number of H-pyrrole nitrogens is 1. The van der Waals surface area contributed by atoms with E-state index < -0.39 is 0 Å². The molecule has 2 amide bonds. The Hall–Kier alpha value is -3.80. The summed E-state index contributed by atoms with van der Waals surface area (Å²) in [5.74, 6) is -0.465. The molecular formula is C20H13N3O3. The largest absolute Gasteiger partial charge is 0.508 e. The second-order valence-electron chi connectivity index (χ2n) is 6.23. The average molecular weight is 343 g/mol. The van der Waals surface area contributed by atoms with Gasteiger partial charge in [-0.1, -0.05) is 18.2 Å². The molecule has 2 aliphatic heterocycles. The van der Waals surface area contributed by atoms with Gasteiger partial charge in [0.15, 0.2) is 0 Å². The number of rotatable bonds is 1. The highest BCUT2D eigenvalue weighted by molar-refractivity contribution is 6.37. The molecule has 3 aromatic rings. The Balaban J connectivity index is 1.69. The molecule has 2 aromatic carbocycles. The summed E-state index contributed by atoms with van der Waals surface area (Å²) in [7, 11) is 0. The zero-order valence-corrected chi connectivity index (χ0v) is 13.5. The summed E-state index contributed by atoms with van der Waals surface area (Å²) < 4.78 is 0. The molecule has 3 heterocycles. The minimum absolute atomic E-state index is 0.144. The minimum Gasteiger partial charge on any atom is -0.508 e. The Labute approximate surface area is 147 Å². The van der Waals surface area contributed by atoms with E-state index in [1.807, 2.05) is 18.2 Å². The van der Waals surface area contributed by atoms with Crippen molar-refractivity contribution >= 4 is 39.7 Å². The van der Waals surface area contributed by atoms with Crippen molar-refractivity contribution < 1.29 is 14.7 Å². The Bertz CT molecular complexity index is 1180. The minimum atomic E-state index is -0.323. The number of carbonyl (C=O) groups excluding carboxylic acids is 2. The fourth-order valence-electron chi connectivity index (χ4n) is 3.48. The number of nitrogens with one attached hydrogen (secondary N) is 3. The quantitative estimate of drug-likeness (QED) is 0.512. The number of anilines is 1. The van der Waals surface area contributed by atoms with Crippen LogP contribution in [-0.2, 0) is 9.59 Å². The van der Waals surface area contributed by atoms with Crippen LogP contribution in [0.4, 0.5) is 5.69 Å². The van der Waals surface area contributed by atoms with Crippen molar-refractivity contribution in [3.05, 3.63) is 71.4 Å². The van der Waals surface area contributed by atoms with E-state index in [0.29, 0.717) is 22.5 Å². The molecular weight excluding hydrogens is 330 g/mol. The Morgan fingerprint density at radius 1 is 0.885 bits per heavy atom.